The van der Waals surface area contributed by atoms with Crippen LogP contribution in [0.15, 0.2) is 24.3 Å². The van der Waals surface area contributed by atoms with Crippen LogP contribution in [0.5, 0.6) is 5.75 Å². The Hall–Kier alpha value is -0.970. The normalized spacial score (nSPS) is 15.3. The molecule has 0 unspecified atom stereocenters. The molecule has 0 radical (unpaired) electrons. The second-order valence-electron chi connectivity index (χ2n) is 4.73. The number of halogens is 2. The highest BCUT2D eigenvalue weighted by Gasteiger charge is 2.21. The first-order valence-electron chi connectivity index (χ1n) is 6.51. The molecule has 0 saturated carbocycles. The van der Waals surface area contributed by atoms with Crippen molar-refractivity contribution in [2.45, 2.75) is 18.9 Å². The van der Waals surface area contributed by atoms with Gasteiger partial charge in [0.2, 0.25) is 0 Å². The third-order valence-electron chi connectivity index (χ3n) is 3.43. The van der Waals surface area contributed by atoms with Crippen molar-refractivity contribution >= 4 is 29.9 Å². The summed E-state index contributed by atoms with van der Waals surface area (Å²) in [7, 11) is 1.85. The molecule has 0 aliphatic carbocycles. The molecule has 1 fully saturated rings. The summed E-state index contributed by atoms with van der Waals surface area (Å²) < 4.78 is 5.47. The fraction of sp³-hybridized carbons (Fsp3) is 0.500. The van der Waals surface area contributed by atoms with Gasteiger partial charge < -0.3 is 15.0 Å². The van der Waals surface area contributed by atoms with Crippen LogP contribution in [0.3, 0.4) is 0 Å². The zero-order valence-corrected chi connectivity index (χ0v) is 13.0. The lowest BCUT2D eigenvalue weighted by molar-refractivity contribution is -0.134. The number of carbonyl (C=O) groups excluding carboxylic acids is 1. The Morgan fingerprint density at radius 2 is 1.95 bits per heavy atom. The van der Waals surface area contributed by atoms with E-state index in [9.17, 15) is 4.79 Å². The fourth-order valence-electron chi connectivity index (χ4n) is 2.18. The highest BCUT2D eigenvalue weighted by atomic mass is 35.5. The summed E-state index contributed by atoms with van der Waals surface area (Å²) >= 11 is 5.79. The minimum absolute atomic E-state index is 0. The van der Waals surface area contributed by atoms with E-state index in [0.29, 0.717) is 16.8 Å². The Morgan fingerprint density at radius 1 is 1.35 bits per heavy atom. The van der Waals surface area contributed by atoms with Crippen molar-refractivity contribution < 1.29 is 9.53 Å². The molecule has 112 valence electrons. The van der Waals surface area contributed by atoms with Crippen LogP contribution in [0.4, 0.5) is 0 Å². The van der Waals surface area contributed by atoms with Crippen molar-refractivity contribution in [3.05, 3.63) is 29.3 Å². The maximum Gasteiger partial charge on any atom is 0.260 e. The van der Waals surface area contributed by atoms with E-state index in [1.807, 2.05) is 7.05 Å². The van der Waals surface area contributed by atoms with Crippen LogP contribution in [-0.4, -0.2) is 43.6 Å². The van der Waals surface area contributed by atoms with Crippen molar-refractivity contribution in [3.8, 4) is 5.75 Å². The Bertz CT molecular complexity index is 420. The monoisotopic (exact) mass is 318 g/mol. The minimum Gasteiger partial charge on any atom is -0.484 e. The van der Waals surface area contributed by atoms with E-state index in [1.54, 1.807) is 29.2 Å². The Balaban J connectivity index is 0.00000200. The lowest BCUT2D eigenvalue weighted by Crippen LogP contribution is -2.45. The number of hydrogen-bond acceptors (Lipinski definition) is 3. The quantitative estimate of drug-likeness (QED) is 0.926. The van der Waals surface area contributed by atoms with E-state index >= 15 is 0 Å². The molecule has 1 aromatic carbocycles. The minimum atomic E-state index is 0. The van der Waals surface area contributed by atoms with Crippen molar-refractivity contribution in [3.63, 3.8) is 0 Å². The summed E-state index contributed by atoms with van der Waals surface area (Å²) in [6.07, 6.45) is 2.01. The molecule has 1 N–H and O–H groups in total. The Morgan fingerprint density at radius 3 is 2.55 bits per heavy atom. The topological polar surface area (TPSA) is 41.6 Å². The lowest BCUT2D eigenvalue weighted by Gasteiger charge is -2.31. The van der Waals surface area contributed by atoms with Gasteiger partial charge in [-0.2, -0.15) is 0 Å². The molecule has 0 atom stereocenters. The maximum absolute atomic E-state index is 12.0. The second kappa shape index (κ2) is 8.35. The van der Waals surface area contributed by atoms with Crippen LogP contribution in [0.25, 0.3) is 0 Å². The third kappa shape index (κ3) is 4.85. The number of benzene rings is 1. The van der Waals surface area contributed by atoms with Crippen molar-refractivity contribution in [2.75, 3.05) is 26.7 Å². The molecule has 1 aliphatic rings. The molecule has 0 spiro atoms. The van der Waals surface area contributed by atoms with Gasteiger partial charge in [-0.05, 0) is 50.2 Å². The number of nitrogens with one attached hydrogen (secondary N) is 1. The molecule has 6 heteroatoms. The number of rotatable bonds is 4. The first kappa shape index (κ1) is 17.1. The largest absolute Gasteiger partial charge is 0.484 e. The number of piperidine rings is 1. The zero-order valence-electron chi connectivity index (χ0n) is 11.5. The SMILES string of the molecule is CN(C(=O)COc1ccc(Cl)cc1)C1CCNCC1.Cl. The summed E-state index contributed by atoms with van der Waals surface area (Å²) in [6.45, 7) is 2.02. The van der Waals surface area contributed by atoms with E-state index in [1.165, 1.54) is 0 Å². The van der Waals surface area contributed by atoms with Gasteiger partial charge in [-0.25, -0.2) is 0 Å². The number of hydrogen-bond donors (Lipinski definition) is 1. The molecule has 1 aromatic rings. The number of likely N-dealkylation sites (N-methyl/N-ethyl adjacent to an activating group) is 1. The average molecular weight is 319 g/mol. The summed E-state index contributed by atoms with van der Waals surface area (Å²) in [5.41, 5.74) is 0. The average Bonchev–Trinajstić information content (AvgIpc) is 2.46. The van der Waals surface area contributed by atoms with Gasteiger partial charge in [-0.3, -0.25) is 4.79 Å². The van der Waals surface area contributed by atoms with Gasteiger partial charge in [0, 0.05) is 18.1 Å². The molecule has 1 heterocycles. The molecule has 1 aliphatic heterocycles. The highest BCUT2D eigenvalue weighted by molar-refractivity contribution is 6.30. The fourth-order valence-corrected chi connectivity index (χ4v) is 2.30. The van der Waals surface area contributed by atoms with Gasteiger partial charge in [0.1, 0.15) is 5.75 Å². The van der Waals surface area contributed by atoms with Crippen molar-refractivity contribution in [2.24, 2.45) is 0 Å². The van der Waals surface area contributed by atoms with E-state index in [4.69, 9.17) is 16.3 Å². The molecule has 2 rings (SSSR count). The summed E-state index contributed by atoms with van der Waals surface area (Å²) in [5, 5.41) is 3.95. The van der Waals surface area contributed by atoms with Gasteiger partial charge in [0.15, 0.2) is 6.61 Å². The maximum atomic E-state index is 12.0. The van der Waals surface area contributed by atoms with E-state index in [-0.39, 0.29) is 24.9 Å². The molecule has 20 heavy (non-hydrogen) atoms. The van der Waals surface area contributed by atoms with E-state index in [2.05, 4.69) is 5.32 Å². The molecular weight excluding hydrogens is 299 g/mol. The molecule has 1 amide bonds. The Kier molecular flexibility index (Phi) is 7.13. The van der Waals surface area contributed by atoms with Crippen LogP contribution in [0.2, 0.25) is 5.02 Å². The smallest absolute Gasteiger partial charge is 0.260 e. The molecule has 4 nitrogen and oxygen atoms in total. The number of nitrogens with zero attached hydrogens (tertiary/aromatic N) is 1. The number of carbonyl (C=O) groups is 1. The van der Waals surface area contributed by atoms with Gasteiger partial charge in [-0.15, -0.1) is 12.4 Å². The first-order valence-corrected chi connectivity index (χ1v) is 6.89. The number of amides is 1. The Labute approximate surface area is 130 Å². The van der Waals surface area contributed by atoms with Gasteiger partial charge in [-0.1, -0.05) is 11.6 Å². The zero-order chi connectivity index (χ0) is 13.7. The molecular formula is C14H20Cl2N2O2. The van der Waals surface area contributed by atoms with Crippen LogP contribution in [0, 0.1) is 0 Å². The van der Waals surface area contributed by atoms with Crippen molar-refractivity contribution in [1.82, 2.24) is 10.2 Å². The van der Waals surface area contributed by atoms with Crippen LogP contribution < -0.4 is 10.1 Å². The molecule has 1 saturated heterocycles. The standard InChI is InChI=1S/C14H19ClN2O2.ClH/c1-17(12-6-8-16-9-7-12)14(18)10-19-13-4-2-11(15)3-5-13;/h2-5,12,16H,6-10H2,1H3;1H. The van der Waals surface area contributed by atoms with E-state index in [0.717, 1.165) is 25.9 Å². The van der Waals surface area contributed by atoms with Gasteiger partial charge >= 0.3 is 0 Å². The van der Waals surface area contributed by atoms with E-state index < -0.39 is 0 Å². The summed E-state index contributed by atoms with van der Waals surface area (Å²) in [4.78, 5) is 13.8. The predicted molar refractivity (Wildman–Crippen MR) is 82.9 cm³/mol. The highest BCUT2D eigenvalue weighted by Crippen LogP contribution is 2.16. The van der Waals surface area contributed by atoms with Crippen LogP contribution in [0.1, 0.15) is 12.8 Å². The van der Waals surface area contributed by atoms with Crippen LogP contribution >= 0.6 is 24.0 Å². The first-order chi connectivity index (χ1) is 9.16. The van der Waals surface area contributed by atoms with Gasteiger partial charge in [0.25, 0.3) is 5.91 Å². The third-order valence-corrected chi connectivity index (χ3v) is 3.68. The summed E-state index contributed by atoms with van der Waals surface area (Å²) in [6, 6.07) is 7.35. The second-order valence-corrected chi connectivity index (χ2v) is 5.16. The molecule has 0 bridgehead atoms. The predicted octanol–water partition coefficient (Wildman–Crippen LogP) is 2.35. The molecule has 0 aromatic heterocycles. The van der Waals surface area contributed by atoms with Crippen molar-refractivity contribution in [1.29, 1.82) is 0 Å². The lowest BCUT2D eigenvalue weighted by atomic mass is 10.1. The number of ether oxygens (including phenoxy) is 1. The van der Waals surface area contributed by atoms with Crippen LogP contribution in [-0.2, 0) is 4.79 Å². The van der Waals surface area contributed by atoms with Gasteiger partial charge in [0.05, 0.1) is 0 Å². The summed E-state index contributed by atoms with van der Waals surface area (Å²) in [5.74, 6) is 0.679.